The van der Waals surface area contributed by atoms with Gasteiger partial charge in [0, 0.05) is 12.1 Å². The second-order valence-corrected chi connectivity index (χ2v) is 7.12. The van der Waals surface area contributed by atoms with Crippen molar-refractivity contribution in [3.8, 4) is 11.5 Å². The monoisotopic (exact) mass is 358 g/mol. The van der Waals surface area contributed by atoms with E-state index in [1.807, 2.05) is 36.4 Å². The Morgan fingerprint density at radius 1 is 0.750 bits per heavy atom. The van der Waals surface area contributed by atoms with Crippen LogP contribution in [-0.2, 0) is 0 Å². The van der Waals surface area contributed by atoms with E-state index in [0.29, 0.717) is 0 Å². The van der Waals surface area contributed by atoms with Crippen molar-refractivity contribution in [2.45, 2.75) is 10.3 Å². The Bertz CT molecular complexity index is 930. The zero-order valence-electron chi connectivity index (χ0n) is 13.0. The van der Waals surface area contributed by atoms with E-state index in [-0.39, 0.29) is 0 Å². The topological polar surface area (TPSA) is 75.8 Å². The van der Waals surface area contributed by atoms with Crippen LogP contribution in [0.5, 0.6) is 11.5 Å². The van der Waals surface area contributed by atoms with Gasteiger partial charge in [0.2, 0.25) is 0 Å². The van der Waals surface area contributed by atoms with E-state index in [2.05, 4.69) is 19.9 Å². The summed E-state index contributed by atoms with van der Waals surface area (Å²) in [5.74, 6) is 1.61. The standard InChI is InChI=1S/C16H14N4O2S2/c1-21-9-3-5-11-13(7-9)19-15(17-11)23-24-16-18-12-6-4-10(22-2)8-14(12)20-16/h3-8H,1-2H3,(H,17,19)(H,18,20). The van der Waals surface area contributed by atoms with E-state index in [1.54, 1.807) is 14.2 Å². The summed E-state index contributed by atoms with van der Waals surface area (Å²) in [7, 11) is 6.35. The van der Waals surface area contributed by atoms with E-state index in [4.69, 9.17) is 9.47 Å². The fourth-order valence-electron chi connectivity index (χ4n) is 2.34. The molecule has 122 valence electrons. The number of imidazole rings is 2. The molecule has 0 atom stereocenters. The smallest absolute Gasteiger partial charge is 0.177 e. The molecule has 0 bridgehead atoms. The summed E-state index contributed by atoms with van der Waals surface area (Å²) in [4.78, 5) is 15.7. The molecule has 8 heteroatoms. The molecule has 0 saturated carbocycles. The summed E-state index contributed by atoms with van der Waals surface area (Å²) in [6, 6.07) is 11.5. The third-order valence-electron chi connectivity index (χ3n) is 3.53. The lowest BCUT2D eigenvalue weighted by molar-refractivity contribution is 0.415. The Labute approximate surface area is 145 Å². The molecule has 0 saturated heterocycles. The first-order chi connectivity index (χ1) is 11.7. The van der Waals surface area contributed by atoms with Gasteiger partial charge in [-0.25, -0.2) is 9.97 Å². The highest BCUT2D eigenvalue weighted by atomic mass is 33.1. The van der Waals surface area contributed by atoms with Crippen LogP contribution in [0.25, 0.3) is 22.1 Å². The van der Waals surface area contributed by atoms with Gasteiger partial charge in [-0.15, -0.1) is 0 Å². The first-order valence-corrected chi connectivity index (χ1v) is 9.32. The lowest BCUT2D eigenvalue weighted by Gasteiger charge is -1.96. The van der Waals surface area contributed by atoms with Crippen LogP contribution in [0, 0.1) is 0 Å². The summed E-state index contributed by atoms with van der Waals surface area (Å²) in [6.07, 6.45) is 0. The maximum Gasteiger partial charge on any atom is 0.177 e. The highest BCUT2D eigenvalue weighted by molar-refractivity contribution is 8.76. The molecule has 0 unspecified atom stereocenters. The van der Waals surface area contributed by atoms with Crippen LogP contribution in [0.4, 0.5) is 0 Å². The van der Waals surface area contributed by atoms with E-state index < -0.39 is 0 Å². The summed E-state index contributed by atoms with van der Waals surface area (Å²) < 4.78 is 10.5. The van der Waals surface area contributed by atoms with Crippen LogP contribution in [0.1, 0.15) is 0 Å². The van der Waals surface area contributed by atoms with Gasteiger partial charge in [-0.3, -0.25) is 0 Å². The molecule has 2 aromatic heterocycles. The molecule has 0 radical (unpaired) electrons. The lowest BCUT2D eigenvalue weighted by atomic mass is 10.3. The number of methoxy groups -OCH3 is 2. The molecule has 0 fully saturated rings. The van der Waals surface area contributed by atoms with Crippen LogP contribution in [-0.4, -0.2) is 34.2 Å². The Balaban J connectivity index is 1.53. The number of aromatic nitrogens is 4. The first kappa shape index (κ1) is 15.2. The number of hydrogen-bond donors (Lipinski definition) is 2. The number of hydrogen-bond acceptors (Lipinski definition) is 6. The second-order valence-electron chi connectivity index (χ2n) is 5.02. The molecule has 2 heterocycles. The van der Waals surface area contributed by atoms with Crippen molar-refractivity contribution in [2.75, 3.05) is 14.2 Å². The molecule has 6 nitrogen and oxygen atoms in total. The summed E-state index contributed by atoms with van der Waals surface area (Å²) in [5.41, 5.74) is 3.72. The molecule has 2 N–H and O–H groups in total. The zero-order valence-corrected chi connectivity index (χ0v) is 14.6. The Hall–Kier alpha value is -2.32. The molecule has 0 aliphatic carbocycles. The third-order valence-corrected chi connectivity index (χ3v) is 5.52. The average Bonchev–Trinajstić information content (AvgIpc) is 3.21. The van der Waals surface area contributed by atoms with Crippen molar-refractivity contribution in [1.82, 2.24) is 19.9 Å². The summed E-state index contributed by atoms with van der Waals surface area (Å²) >= 11 is 0. The van der Waals surface area contributed by atoms with Crippen molar-refractivity contribution >= 4 is 43.7 Å². The van der Waals surface area contributed by atoms with Crippen molar-refractivity contribution in [3.63, 3.8) is 0 Å². The number of nitrogens with zero attached hydrogens (tertiary/aromatic N) is 2. The van der Waals surface area contributed by atoms with Crippen LogP contribution >= 0.6 is 21.6 Å². The molecule has 0 aliphatic heterocycles. The first-order valence-electron chi connectivity index (χ1n) is 7.17. The van der Waals surface area contributed by atoms with Crippen molar-refractivity contribution < 1.29 is 9.47 Å². The maximum absolute atomic E-state index is 5.23. The molecular formula is C16H14N4O2S2. The Kier molecular flexibility index (Phi) is 3.99. The van der Waals surface area contributed by atoms with Crippen molar-refractivity contribution in [1.29, 1.82) is 0 Å². The predicted octanol–water partition coefficient (Wildman–Crippen LogP) is 4.26. The van der Waals surface area contributed by atoms with E-state index in [1.165, 1.54) is 21.6 Å². The van der Waals surface area contributed by atoms with Gasteiger partial charge < -0.3 is 19.4 Å². The van der Waals surface area contributed by atoms with Gasteiger partial charge >= 0.3 is 0 Å². The summed E-state index contributed by atoms with van der Waals surface area (Å²) in [5, 5.41) is 1.64. The molecular weight excluding hydrogens is 344 g/mol. The van der Waals surface area contributed by atoms with E-state index in [0.717, 1.165) is 43.9 Å². The van der Waals surface area contributed by atoms with Gasteiger partial charge in [0.25, 0.3) is 0 Å². The van der Waals surface area contributed by atoms with Gasteiger partial charge in [-0.1, -0.05) is 0 Å². The van der Waals surface area contributed by atoms with Gasteiger partial charge in [0.15, 0.2) is 10.3 Å². The van der Waals surface area contributed by atoms with Crippen LogP contribution in [0.3, 0.4) is 0 Å². The molecule has 4 aromatic rings. The minimum absolute atomic E-state index is 0.807. The van der Waals surface area contributed by atoms with Gasteiger partial charge in [-0.2, -0.15) is 0 Å². The van der Waals surface area contributed by atoms with E-state index >= 15 is 0 Å². The molecule has 24 heavy (non-hydrogen) atoms. The number of fused-ring (bicyclic) bond motifs is 2. The van der Waals surface area contributed by atoms with E-state index in [9.17, 15) is 0 Å². The Morgan fingerprint density at radius 2 is 1.21 bits per heavy atom. The molecule has 0 spiro atoms. The average molecular weight is 358 g/mol. The molecule has 0 aliphatic rings. The largest absolute Gasteiger partial charge is 0.497 e. The fraction of sp³-hybridized carbons (Fsp3) is 0.125. The zero-order chi connectivity index (χ0) is 16.5. The highest BCUT2D eigenvalue weighted by Crippen LogP contribution is 2.36. The minimum Gasteiger partial charge on any atom is -0.497 e. The number of H-pyrrole nitrogens is 2. The minimum atomic E-state index is 0.807. The fourth-order valence-corrected chi connectivity index (χ4v) is 4.02. The number of ether oxygens (including phenoxy) is 2. The molecule has 4 rings (SSSR count). The normalized spacial score (nSPS) is 11.2. The predicted molar refractivity (Wildman–Crippen MR) is 97.0 cm³/mol. The number of aromatic amines is 2. The van der Waals surface area contributed by atoms with Gasteiger partial charge in [-0.05, 0) is 45.9 Å². The van der Waals surface area contributed by atoms with Gasteiger partial charge in [0.1, 0.15) is 11.5 Å². The summed E-state index contributed by atoms with van der Waals surface area (Å²) in [6.45, 7) is 0. The highest BCUT2D eigenvalue weighted by Gasteiger charge is 2.09. The third kappa shape index (κ3) is 2.90. The van der Waals surface area contributed by atoms with Crippen molar-refractivity contribution in [2.24, 2.45) is 0 Å². The van der Waals surface area contributed by atoms with Crippen LogP contribution in [0.15, 0.2) is 46.7 Å². The molecule has 0 amide bonds. The second kappa shape index (κ2) is 6.29. The van der Waals surface area contributed by atoms with Gasteiger partial charge in [0.05, 0.1) is 36.3 Å². The van der Waals surface area contributed by atoms with Crippen molar-refractivity contribution in [3.05, 3.63) is 36.4 Å². The molecule has 2 aromatic carbocycles. The lowest BCUT2D eigenvalue weighted by Crippen LogP contribution is -1.81. The quantitative estimate of drug-likeness (QED) is 0.519. The van der Waals surface area contributed by atoms with Crippen LogP contribution < -0.4 is 9.47 Å². The van der Waals surface area contributed by atoms with Crippen LogP contribution in [0.2, 0.25) is 0 Å². The maximum atomic E-state index is 5.23. The number of nitrogens with one attached hydrogen (secondary N) is 2. The number of benzene rings is 2. The Morgan fingerprint density at radius 3 is 1.62 bits per heavy atom. The SMILES string of the molecule is COc1ccc2nc(SSc3nc4ccc(OC)cc4[nH]3)[nH]c2c1. The number of rotatable bonds is 5.